The topological polar surface area (TPSA) is 118 Å². The minimum absolute atomic E-state index is 0.165. The second-order valence-corrected chi connectivity index (χ2v) is 9.61. The lowest BCUT2D eigenvalue weighted by atomic mass is 9.87. The average Bonchev–Trinajstić information content (AvgIpc) is 2.95. The third-order valence-electron chi connectivity index (χ3n) is 6.66. The normalized spacial score (nSPS) is 14.6. The summed E-state index contributed by atoms with van der Waals surface area (Å²) < 4.78 is 46.1. The highest BCUT2D eigenvalue weighted by Gasteiger charge is 2.40. The number of alkyl halides is 3. The number of amides is 3. The van der Waals surface area contributed by atoms with Crippen LogP contribution in [0.1, 0.15) is 18.4 Å². The Balaban J connectivity index is 1.24. The van der Waals surface area contributed by atoms with Crippen LogP contribution in [0.5, 0.6) is 11.5 Å². The van der Waals surface area contributed by atoms with Crippen molar-refractivity contribution in [1.82, 2.24) is 21.3 Å². The number of carbonyl (C=O) groups is 3. The molecule has 1 heterocycles. The fourth-order valence-electron chi connectivity index (χ4n) is 4.68. The minimum atomic E-state index is -4.81. The Bertz CT molecular complexity index is 1350. The maximum absolute atomic E-state index is 13.2. The van der Waals surface area contributed by atoms with Gasteiger partial charge < -0.3 is 30.7 Å². The van der Waals surface area contributed by atoms with Gasteiger partial charge in [-0.05, 0) is 66.5 Å². The van der Waals surface area contributed by atoms with E-state index in [0.717, 1.165) is 28.5 Å². The van der Waals surface area contributed by atoms with Crippen molar-refractivity contribution in [1.29, 1.82) is 0 Å². The summed E-state index contributed by atoms with van der Waals surface area (Å²) in [5.74, 6) is -1.34. The predicted molar refractivity (Wildman–Crippen MR) is 145 cm³/mol. The first-order valence-corrected chi connectivity index (χ1v) is 13.2. The minimum Gasteiger partial charge on any atom is -0.484 e. The number of nitrogens with one attached hydrogen (secondary N) is 4. The fourth-order valence-corrected chi connectivity index (χ4v) is 4.68. The van der Waals surface area contributed by atoms with Crippen molar-refractivity contribution in [3.05, 3.63) is 72.3 Å². The van der Waals surface area contributed by atoms with E-state index in [0.29, 0.717) is 25.9 Å². The van der Waals surface area contributed by atoms with Crippen LogP contribution in [-0.2, 0) is 20.8 Å². The van der Waals surface area contributed by atoms with Gasteiger partial charge in [-0.15, -0.1) is 13.2 Å². The molecule has 1 aliphatic heterocycles. The van der Waals surface area contributed by atoms with Crippen molar-refractivity contribution < 1.29 is 37.0 Å². The zero-order valence-corrected chi connectivity index (χ0v) is 22.2. The highest BCUT2D eigenvalue weighted by Crippen LogP contribution is 2.25. The van der Waals surface area contributed by atoms with Gasteiger partial charge in [-0.3, -0.25) is 14.4 Å². The number of fused-ring (bicyclic) bond motifs is 1. The zero-order valence-electron chi connectivity index (χ0n) is 22.2. The average molecular weight is 573 g/mol. The number of piperidine rings is 1. The van der Waals surface area contributed by atoms with Crippen LogP contribution in [0, 0.1) is 0 Å². The Morgan fingerprint density at radius 2 is 1.49 bits per heavy atom. The van der Waals surface area contributed by atoms with Gasteiger partial charge >= 0.3 is 6.36 Å². The second-order valence-electron chi connectivity index (χ2n) is 9.61. The summed E-state index contributed by atoms with van der Waals surface area (Å²) in [5, 5.41) is 13.6. The number of halogens is 3. The quantitative estimate of drug-likeness (QED) is 0.263. The van der Waals surface area contributed by atoms with Crippen LogP contribution >= 0.6 is 0 Å². The van der Waals surface area contributed by atoms with Gasteiger partial charge in [0.2, 0.25) is 11.8 Å². The Morgan fingerprint density at radius 1 is 0.829 bits per heavy atom. The molecular formula is C29H31F3N4O5. The van der Waals surface area contributed by atoms with Crippen LogP contribution in [0.3, 0.4) is 0 Å². The molecular weight excluding hydrogens is 541 g/mol. The van der Waals surface area contributed by atoms with E-state index >= 15 is 0 Å². The molecule has 0 spiro atoms. The molecule has 0 aromatic heterocycles. The Hall–Kier alpha value is -4.32. The molecule has 0 bridgehead atoms. The van der Waals surface area contributed by atoms with E-state index < -0.39 is 30.2 Å². The lowest BCUT2D eigenvalue weighted by molar-refractivity contribution is -0.274. The number of rotatable bonds is 11. The predicted octanol–water partition coefficient (Wildman–Crippen LogP) is 2.83. The molecule has 0 atom stereocenters. The van der Waals surface area contributed by atoms with Gasteiger partial charge in [0.25, 0.3) is 5.91 Å². The summed E-state index contributed by atoms with van der Waals surface area (Å²) >= 11 is 0. The Morgan fingerprint density at radius 3 is 2.22 bits per heavy atom. The van der Waals surface area contributed by atoms with Crippen molar-refractivity contribution in [2.45, 2.75) is 31.2 Å². The van der Waals surface area contributed by atoms with Crippen LogP contribution in [0.25, 0.3) is 10.8 Å². The molecule has 1 fully saturated rings. The fraction of sp³-hybridized carbons (Fsp3) is 0.345. The molecule has 3 aromatic rings. The van der Waals surface area contributed by atoms with Gasteiger partial charge in [-0.2, -0.15) is 0 Å². The van der Waals surface area contributed by atoms with Gasteiger partial charge in [0, 0.05) is 13.1 Å². The van der Waals surface area contributed by atoms with Gasteiger partial charge in [0.1, 0.15) is 17.0 Å². The molecule has 218 valence electrons. The van der Waals surface area contributed by atoms with Gasteiger partial charge in [0.15, 0.2) is 6.61 Å². The van der Waals surface area contributed by atoms with Gasteiger partial charge in [-0.1, -0.05) is 42.5 Å². The summed E-state index contributed by atoms with van der Waals surface area (Å²) in [6, 6.07) is 18.3. The Labute approximate surface area is 234 Å². The summed E-state index contributed by atoms with van der Waals surface area (Å²) in [6.45, 7) is 0.975. The lowest BCUT2D eigenvalue weighted by Crippen LogP contribution is -2.63. The number of benzene rings is 3. The highest BCUT2D eigenvalue weighted by atomic mass is 19.4. The molecule has 12 heteroatoms. The first-order chi connectivity index (χ1) is 19.6. The summed E-state index contributed by atoms with van der Waals surface area (Å²) in [4.78, 5) is 38.3. The third kappa shape index (κ3) is 8.58. The first kappa shape index (κ1) is 29.7. The maximum Gasteiger partial charge on any atom is 0.573 e. The van der Waals surface area contributed by atoms with Crippen LogP contribution in [0.2, 0.25) is 0 Å². The molecule has 3 amide bonds. The molecule has 3 aromatic carbocycles. The zero-order chi connectivity index (χ0) is 29.3. The molecule has 4 rings (SSSR count). The van der Waals surface area contributed by atoms with Crippen molar-refractivity contribution in [2.24, 2.45) is 0 Å². The summed E-state index contributed by atoms with van der Waals surface area (Å²) in [6.07, 6.45) is -3.91. The maximum atomic E-state index is 13.2. The summed E-state index contributed by atoms with van der Waals surface area (Å²) in [5.41, 5.74) is -0.253. The molecule has 0 unspecified atom stereocenters. The SMILES string of the molecule is O=C(Cc1cccc2ccccc12)NCCNC(=O)C1(NC(=O)COc2ccc(OC(F)(F)F)cc2)CCNCC1. The van der Waals surface area contributed by atoms with Crippen LogP contribution in [0.15, 0.2) is 66.7 Å². The van der Waals surface area contributed by atoms with E-state index in [-0.39, 0.29) is 37.1 Å². The number of hydrogen-bond acceptors (Lipinski definition) is 6. The van der Waals surface area contributed by atoms with Crippen LogP contribution in [0.4, 0.5) is 13.2 Å². The van der Waals surface area contributed by atoms with Gasteiger partial charge in [0.05, 0.1) is 6.42 Å². The van der Waals surface area contributed by atoms with Crippen LogP contribution in [-0.4, -0.2) is 62.4 Å². The summed E-state index contributed by atoms with van der Waals surface area (Å²) in [7, 11) is 0. The number of ether oxygens (including phenoxy) is 2. The Kier molecular flexibility index (Phi) is 9.66. The van der Waals surface area contributed by atoms with E-state index in [4.69, 9.17) is 4.74 Å². The highest BCUT2D eigenvalue weighted by molar-refractivity contribution is 5.92. The monoisotopic (exact) mass is 572 g/mol. The molecule has 1 aliphatic rings. The molecule has 1 saturated heterocycles. The third-order valence-corrected chi connectivity index (χ3v) is 6.66. The molecule has 4 N–H and O–H groups in total. The van der Waals surface area contributed by atoms with Crippen molar-refractivity contribution in [2.75, 3.05) is 32.8 Å². The van der Waals surface area contributed by atoms with E-state index in [1.807, 2.05) is 42.5 Å². The standard InChI is InChI=1S/C29H31F3N4O5/c30-29(31,32)41-23-10-8-22(9-11-23)40-19-26(38)36-28(12-14-33-15-13-28)27(39)35-17-16-34-25(37)18-21-6-3-5-20-4-1-2-7-24(20)21/h1-11,33H,12-19H2,(H,34,37)(H,35,39)(H,36,38). The lowest BCUT2D eigenvalue weighted by Gasteiger charge is -2.37. The van der Waals surface area contributed by atoms with Crippen molar-refractivity contribution in [3.8, 4) is 11.5 Å². The number of carbonyl (C=O) groups excluding carboxylic acids is 3. The van der Waals surface area contributed by atoms with E-state index in [1.54, 1.807) is 0 Å². The van der Waals surface area contributed by atoms with E-state index in [9.17, 15) is 27.6 Å². The smallest absolute Gasteiger partial charge is 0.484 e. The molecule has 0 aliphatic carbocycles. The second kappa shape index (κ2) is 13.4. The van der Waals surface area contributed by atoms with Crippen molar-refractivity contribution in [3.63, 3.8) is 0 Å². The molecule has 41 heavy (non-hydrogen) atoms. The molecule has 9 nitrogen and oxygen atoms in total. The van der Waals surface area contributed by atoms with Crippen LogP contribution < -0.4 is 30.7 Å². The molecule has 0 radical (unpaired) electrons. The van der Waals surface area contributed by atoms with E-state index in [1.165, 1.54) is 12.1 Å². The van der Waals surface area contributed by atoms with E-state index in [2.05, 4.69) is 26.0 Å². The number of hydrogen-bond donors (Lipinski definition) is 4. The largest absolute Gasteiger partial charge is 0.573 e. The van der Waals surface area contributed by atoms with Gasteiger partial charge in [-0.25, -0.2) is 0 Å². The van der Waals surface area contributed by atoms with Crippen molar-refractivity contribution >= 4 is 28.5 Å². The molecule has 0 saturated carbocycles. The first-order valence-electron chi connectivity index (χ1n) is 13.2.